The number of carbonyl (C=O) groups excluding carboxylic acids is 3. The lowest BCUT2D eigenvalue weighted by atomic mass is 10.2. The third-order valence-electron chi connectivity index (χ3n) is 3.19. The van der Waals surface area contributed by atoms with Crippen LogP contribution in [0.5, 0.6) is 0 Å². The van der Waals surface area contributed by atoms with Crippen molar-refractivity contribution >= 4 is 17.7 Å². The van der Waals surface area contributed by atoms with Gasteiger partial charge in [-0.15, -0.1) is 0 Å². The summed E-state index contributed by atoms with van der Waals surface area (Å²) in [6, 6.07) is 0. The number of hydrogen-bond acceptors (Lipinski definition) is 3. The van der Waals surface area contributed by atoms with Crippen LogP contribution in [0.4, 0.5) is 0 Å². The molecule has 2 N–H and O–H groups in total. The molecule has 0 aliphatic carbocycles. The first-order valence-electron chi connectivity index (χ1n) is 8.36. The molecule has 0 aliphatic heterocycles. The second-order valence-corrected chi connectivity index (χ2v) is 5.41. The molecule has 128 valence electrons. The van der Waals surface area contributed by atoms with Crippen molar-refractivity contribution in [1.82, 2.24) is 15.5 Å². The van der Waals surface area contributed by atoms with Gasteiger partial charge in [0, 0.05) is 19.5 Å². The SMILES string of the molecule is CCCCNC(=O)CN(CC(=O)NCCCC)C(=O)CCC. The Kier molecular flexibility index (Phi) is 12.2. The predicted octanol–water partition coefficient (Wildman–Crippen LogP) is 1.45. The Morgan fingerprint density at radius 2 is 1.23 bits per heavy atom. The molecule has 0 fully saturated rings. The van der Waals surface area contributed by atoms with Crippen molar-refractivity contribution in [1.29, 1.82) is 0 Å². The van der Waals surface area contributed by atoms with E-state index in [2.05, 4.69) is 10.6 Å². The van der Waals surface area contributed by atoms with Crippen molar-refractivity contribution in [2.75, 3.05) is 26.2 Å². The molecule has 3 amide bonds. The second-order valence-electron chi connectivity index (χ2n) is 5.41. The van der Waals surface area contributed by atoms with Crippen LogP contribution >= 0.6 is 0 Å². The Morgan fingerprint density at radius 3 is 1.59 bits per heavy atom. The Labute approximate surface area is 134 Å². The van der Waals surface area contributed by atoms with Crippen LogP contribution in [0.2, 0.25) is 0 Å². The maximum Gasteiger partial charge on any atom is 0.239 e. The molecule has 0 aromatic carbocycles. The minimum atomic E-state index is -0.209. The lowest BCUT2D eigenvalue weighted by Gasteiger charge is -2.21. The summed E-state index contributed by atoms with van der Waals surface area (Å²) in [4.78, 5) is 37.1. The van der Waals surface area contributed by atoms with E-state index in [0.717, 1.165) is 25.7 Å². The molecule has 0 bridgehead atoms. The van der Waals surface area contributed by atoms with Gasteiger partial charge in [0.1, 0.15) is 13.1 Å². The molecule has 0 aromatic rings. The molecule has 6 heteroatoms. The minimum absolute atomic E-state index is 0.0518. The van der Waals surface area contributed by atoms with E-state index >= 15 is 0 Å². The van der Waals surface area contributed by atoms with Gasteiger partial charge in [0.25, 0.3) is 0 Å². The molecule has 22 heavy (non-hydrogen) atoms. The molecule has 0 aliphatic rings. The number of nitrogens with one attached hydrogen (secondary N) is 2. The number of amides is 3. The summed E-state index contributed by atoms with van der Waals surface area (Å²) in [7, 11) is 0. The van der Waals surface area contributed by atoms with E-state index in [1.807, 2.05) is 20.8 Å². The highest BCUT2D eigenvalue weighted by Gasteiger charge is 2.19. The van der Waals surface area contributed by atoms with Crippen molar-refractivity contribution in [3.8, 4) is 0 Å². The summed E-state index contributed by atoms with van der Waals surface area (Å²) in [5, 5.41) is 5.54. The van der Waals surface area contributed by atoms with Gasteiger partial charge < -0.3 is 15.5 Å². The molecular formula is C16H31N3O3. The maximum atomic E-state index is 12.0. The molecule has 0 atom stereocenters. The van der Waals surface area contributed by atoms with Gasteiger partial charge in [0.2, 0.25) is 17.7 Å². The fraction of sp³-hybridized carbons (Fsp3) is 0.812. The van der Waals surface area contributed by atoms with E-state index < -0.39 is 0 Å². The summed E-state index contributed by atoms with van der Waals surface area (Å²) in [5.41, 5.74) is 0. The van der Waals surface area contributed by atoms with E-state index in [0.29, 0.717) is 25.9 Å². The highest BCUT2D eigenvalue weighted by Crippen LogP contribution is 1.98. The molecule has 0 radical (unpaired) electrons. The predicted molar refractivity (Wildman–Crippen MR) is 87.3 cm³/mol. The highest BCUT2D eigenvalue weighted by molar-refractivity contribution is 5.89. The van der Waals surface area contributed by atoms with Crippen molar-refractivity contribution < 1.29 is 14.4 Å². The van der Waals surface area contributed by atoms with Crippen LogP contribution in [0.1, 0.15) is 59.3 Å². The maximum absolute atomic E-state index is 12.0. The molecule has 0 rings (SSSR count). The van der Waals surface area contributed by atoms with Crippen LogP contribution in [0.25, 0.3) is 0 Å². The van der Waals surface area contributed by atoms with Gasteiger partial charge in [0.05, 0.1) is 0 Å². The summed E-state index contributed by atoms with van der Waals surface area (Å²) in [6.45, 7) is 7.10. The number of hydrogen-bond donors (Lipinski definition) is 2. The first kappa shape index (κ1) is 20.4. The van der Waals surface area contributed by atoms with E-state index in [1.165, 1.54) is 4.90 Å². The highest BCUT2D eigenvalue weighted by atomic mass is 16.2. The van der Waals surface area contributed by atoms with Crippen molar-refractivity contribution in [2.24, 2.45) is 0 Å². The molecule has 0 spiro atoms. The zero-order chi connectivity index (χ0) is 16.8. The van der Waals surface area contributed by atoms with Gasteiger partial charge in [-0.1, -0.05) is 33.6 Å². The van der Waals surface area contributed by atoms with Crippen LogP contribution in [0.3, 0.4) is 0 Å². The van der Waals surface area contributed by atoms with Crippen molar-refractivity contribution in [3.63, 3.8) is 0 Å². The molecular weight excluding hydrogens is 282 g/mol. The molecule has 0 heterocycles. The smallest absolute Gasteiger partial charge is 0.239 e. The van der Waals surface area contributed by atoms with Crippen molar-refractivity contribution in [2.45, 2.75) is 59.3 Å². The first-order valence-corrected chi connectivity index (χ1v) is 8.36. The third-order valence-corrected chi connectivity index (χ3v) is 3.19. The Bertz CT molecular complexity index is 322. The van der Waals surface area contributed by atoms with Gasteiger partial charge in [-0.25, -0.2) is 0 Å². The second kappa shape index (κ2) is 13.1. The number of carbonyl (C=O) groups is 3. The largest absolute Gasteiger partial charge is 0.355 e. The summed E-state index contributed by atoms with van der Waals surface area (Å²) in [5.74, 6) is -0.572. The van der Waals surface area contributed by atoms with E-state index in [-0.39, 0.29) is 30.8 Å². The monoisotopic (exact) mass is 313 g/mol. The lowest BCUT2D eigenvalue weighted by molar-refractivity contribution is -0.139. The lowest BCUT2D eigenvalue weighted by Crippen LogP contribution is -2.46. The zero-order valence-electron chi connectivity index (χ0n) is 14.2. The summed E-state index contributed by atoms with van der Waals surface area (Å²) in [6.07, 6.45) is 4.87. The van der Waals surface area contributed by atoms with Crippen LogP contribution in [-0.4, -0.2) is 48.8 Å². The molecule has 0 saturated heterocycles. The Balaban J connectivity index is 4.39. The zero-order valence-corrected chi connectivity index (χ0v) is 14.2. The fourth-order valence-electron chi connectivity index (χ4n) is 1.87. The van der Waals surface area contributed by atoms with Gasteiger partial charge in [-0.3, -0.25) is 14.4 Å². The normalized spacial score (nSPS) is 10.1. The average Bonchev–Trinajstić information content (AvgIpc) is 2.47. The van der Waals surface area contributed by atoms with Gasteiger partial charge >= 0.3 is 0 Å². The minimum Gasteiger partial charge on any atom is -0.355 e. The summed E-state index contributed by atoms with van der Waals surface area (Å²) < 4.78 is 0. The van der Waals surface area contributed by atoms with Crippen LogP contribution in [-0.2, 0) is 14.4 Å². The first-order chi connectivity index (χ1) is 10.5. The van der Waals surface area contributed by atoms with Crippen LogP contribution in [0.15, 0.2) is 0 Å². The number of nitrogens with zero attached hydrogens (tertiary/aromatic N) is 1. The third kappa shape index (κ3) is 10.2. The number of unbranched alkanes of at least 4 members (excludes halogenated alkanes) is 2. The quantitative estimate of drug-likeness (QED) is 0.535. The molecule has 6 nitrogen and oxygen atoms in total. The molecule has 0 unspecified atom stereocenters. The topological polar surface area (TPSA) is 78.5 Å². The molecule has 0 saturated carbocycles. The summed E-state index contributed by atoms with van der Waals surface area (Å²) >= 11 is 0. The molecule has 0 aromatic heterocycles. The number of rotatable bonds is 12. The van der Waals surface area contributed by atoms with Crippen LogP contribution < -0.4 is 10.6 Å². The van der Waals surface area contributed by atoms with E-state index in [1.54, 1.807) is 0 Å². The Morgan fingerprint density at radius 1 is 0.773 bits per heavy atom. The van der Waals surface area contributed by atoms with E-state index in [4.69, 9.17) is 0 Å². The Hall–Kier alpha value is -1.59. The average molecular weight is 313 g/mol. The van der Waals surface area contributed by atoms with Gasteiger partial charge in [0.15, 0.2) is 0 Å². The van der Waals surface area contributed by atoms with E-state index in [9.17, 15) is 14.4 Å². The van der Waals surface area contributed by atoms with Crippen molar-refractivity contribution in [3.05, 3.63) is 0 Å². The standard InChI is InChI=1S/C16H31N3O3/c1-4-7-10-17-14(20)12-19(16(22)9-6-3)13-15(21)18-11-8-5-2/h4-13H2,1-3H3,(H,17,20)(H,18,21). The fourth-order valence-corrected chi connectivity index (χ4v) is 1.87. The van der Waals surface area contributed by atoms with Gasteiger partial charge in [-0.05, 0) is 19.3 Å². The van der Waals surface area contributed by atoms with Crippen LogP contribution in [0, 0.1) is 0 Å². The van der Waals surface area contributed by atoms with Gasteiger partial charge in [-0.2, -0.15) is 0 Å².